The summed E-state index contributed by atoms with van der Waals surface area (Å²) in [6.07, 6.45) is 1.99. The molecule has 1 aromatic heterocycles. The van der Waals surface area contributed by atoms with Crippen molar-refractivity contribution in [1.82, 2.24) is 4.98 Å². The molecule has 2 aromatic carbocycles. The molecule has 1 N–H and O–H groups in total. The number of aromatic amines is 1. The summed E-state index contributed by atoms with van der Waals surface area (Å²) in [5, 5.41) is 0.644. The average molecular weight is 281 g/mol. The largest absolute Gasteiger partial charge is 0.360 e. The van der Waals surface area contributed by atoms with Gasteiger partial charge >= 0.3 is 0 Å². The number of hydrogen-bond donors (Lipinski definition) is 1. The number of rotatable bonds is 3. The highest BCUT2D eigenvalue weighted by Gasteiger charge is 2.14. The maximum Gasteiger partial charge on any atom is 0.169 e. The Hall–Kier alpha value is -2.42. The molecule has 0 saturated heterocycles. The van der Waals surface area contributed by atoms with Gasteiger partial charge in [0.2, 0.25) is 0 Å². The van der Waals surface area contributed by atoms with Gasteiger partial charge in [0.25, 0.3) is 0 Å². The minimum absolute atomic E-state index is 0.000509. The van der Waals surface area contributed by atoms with Gasteiger partial charge in [-0.3, -0.25) is 4.79 Å². The molecular formula is C18H16FNO. The van der Waals surface area contributed by atoms with E-state index < -0.39 is 0 Å². The summed E-state index contributed by atoms with van der Waals surface area (Å²) in [6.45, 7) is 4.01. The number of fused-ring (bicyclic) bond motifs is 1. The van der Waals surface area contributed by atoms with Gasteiger partial charge in [-0.15, -0.1) is 0 Å². The molecule has 0 bridgehead atoms. The quantitative estimate of drug-likeness (QED) is 0.711. The number of benzene rings is 2. The van der Waals surface area contributed by atoms with E-state index in [2.05, 4.69) is 4.98 Å². The normalized spacial score (nSPS) is 11.0. The van der Waals surface area contributed by atoms with Crippen molar-refractivity contribution in [2.45, 2.75) is 20.3 Å². The van der Waals surface area contributed by atoms with Crippen molar-refractivity contribution >= 4 is 16.7 Å². The summed E-state index contributed by atoms with van der Waals surface area (Å²) < 4.78 is 13.4. The molecule has 0 aliphatic rings. The SMILES string of the molecule is Cc1ccc(C)c(CC(=O)c2c[nH]c3ccc(F)cc23)c1. The summed E-state index contributed by atoms with van der Waals surface area (Å²) in [5.41, 5.74) is 4.57. The fraction of sp³-hybridized carbons (Fsp3) is 0.167. The molecule has 0 spiro atoms. The van der Waals surface area contributed by atoms with Crippen molar-refractivity contribution in [2.75, 3.05) is 0 Å². The molecule has 0 unspecified atom stereocenters. The molecule has 0 aliphatic carbocycles. The van der Waals surface area contributed by atoms with Gasteiger partial charge in [-0.05, 0) is 43.2 Å². The first-order chi connectivity index (χ1) is 10.0. The predicted octanol–water partition coefficient (Wildman–Crippen LogP) is 4.35. The Bertz CT molecular complexity index is 832. The van der Waals surface area contributed by atoms with E-state index in [1.54, 1.807) is 12.3 Å². The van der Waals surface area contributed by atoms with Gasteiger partial charge in [0.05, 0.1) is 0 Å². The maximum absolute atomic E-state index is 13.4. The van der Waals surface area contributed by atoms with Crippen molar-refractivity contribution in [1.29, 1.82) is 0 Å². The van der Waals surface area contributed by atoms with Gasteiger partial charge in [-0.25, -0.2) is 4.39 Å². The van der Waals surface area contributed by atoms with Gasteiger partial charge in [0.15, 0.2) is 5.78 Å². The smallest absolute Gasteiger partial charge is 0.169 e. The zero-order valence-electron chi connectivity index (χ0n) is 12.0. The topological polar surface area (TPSA) is 32.9 Å². The van der Waals surface area contributed by atoms with E-state index in [0.29, 0.717) is 17.4 Å². The molecule has 0 saturated carbocycles. The molecule has 21 heavy (non-hydrogen) atoms. The number of H-pyrrole nitrogens is 1. The van der Waals surface area contributed by atoms with Crippen molar-refractivity contribution in [3.63, 3.8) is 0 Å². The standard InChI is InChI=1S/C18H16FNO/c1-11-3-4-12(2)13(7-11)8-18(21)16-10-20-17-6-5-14(19)9-15(16)17/h3-7,9-10,20H,8H2,1-2H3. The first-order valence-corrected chi connectivity index (χ1v) is 6.90. The van der Waals surface area contributed by atoms with Crippen LogP contribution in [-0.2, 0) is 6.42 Å². The van der Waals surface area contributed by atoms with Crippen LogP contribution in [0.4, 0.5) is 4.39 Å². The third kappa shape index (κ3) is 2.59. The molecule has 0 fully saturated rings. The first-order valence-electron chi connectivity index (χ1n) is 6.90. The van der Waals surface area contributed by atoms with Crippen LogP contribution in [0.3, 0.4) is 0 Å². The van der Waals surface area contributed by atoms with Gasteiger partial charge in [-0.1, -0.05) is 23.8 Å². The molecule has 0 atom stereocenters. The maximum atomic E-state index is 13.4. The minimum atomic E-state index is -0.331. The lowest BCUT2D eigenvalue weighted by atomic mass is 9.97. The van der Waals surface area contributed by atoms with Gasteiger partial charge in [-0.2, -0.15) is 0 Å². The van der Waals surface area contributed by atoms with E-state index in [1.165, 1.54) is 12.1 Å². The summed E-state index contributed by atoms with van der Waals surface area (Å²) in [4.78, 5) is 15.5. The number of aryl methyl sites for hydroxylation is 2. The lowest BCUT2D eigenvalue weighted by Crippen LogP contribution is -2.04. The highest BCUT2D eigenvalue weighted by atomic mass is 19.1. The van der Waals surface area contributed by atoms with Crippen LogP contribution in [0.15, 0.2) is 42.6 Å². The highest BCUT2D eigenvalue weighted by molar-refractivity contribution is 6.08. The van der Waals surface area contributed by atoms with Crippen molar-refractivity contribution in [3.8, 4) is 0 Å². The minimum Gasteiger partial charge on any atom is -0.360 e. The van der Waals surface area contributed by atoms with E-state index in [4.69, 9.17) is 0 Å². The predicted molar refractivity (Wildman–Crippen MR) is 82.2 cm³/mol. The van der Waals surface area contributed by atoms with E-state index in [9.17, 15) is 9.18 Å². The number of carbonyl (C=O) groups excluding carboxylic acids is 1. The van der Waals surface area contributed by atoms with Crippen LogP contribution >= 0.6 is 0 Å². The lowest BCUT2D eigenvalue weighted by Gasteiger charge is -2.06. The van der Waals surface area contributed by atoms with Crippen molar-refractivity contribution < 1.29 is 9.18 Å². The number of hydrogen-bond acceptors (Lipinski definition) is 1. The van der Waals surface area contributed by atoms with Crippen LogP contribution in [-0.4, -0.2) is 10.8 Å². The zero-order valence-corrected chi connectivity index (χ0v) is 12.0. The van der Waals surface area contributed by atoms with E-state index >= 15 is 0 Å². The molecule has 0 amide bonds. The van der Waals surface area contributed by atoms with Crippen LogP contribution in [0.5, 0.6) is 0 Å². The molecular weight excluding hydrogens is 265 g/mol. The van der Waals surface area contributed by atoms with E-state index in [-0.39, 0.29) is 11.6 Å². The molecule has 0 aliphatic heterocycles. The number of ketones is 1. The molecule has 3 aromatic rings. The molecule has 1 heterocycles. The van der Waals surface area contributed by atoms with Crippen molar-refractivity contribution in [3.05, 3.63) is 70.7 Å². The second kappa shape index (κ2) is 5.17. The summed E-state index contributed by atoms with van der Waals surface area (Å²) in [5.74, 6) is -0.330. The Labute approximate surface area is 122 Å². The van der Waals surface area contributed by atoms with Crippen LogP contribution in [0.1, 0.15) is 27.0 Å². The van der Waals surface area contributed by atoms with Crippen LogP contribution in [0.25, 0.3) is 10.9 Å². The Morgan fingerprint density at radius 3 is 2.76 bits per heavy atom. The van der Waals surface area contributed by atoms with Crippen LogP contribution in [0, 0.1) is 19.7 Å². The fourth-order valence-electron chi connectivity index (χ4n) is 2.58. The zero-order chi connectivity index (χ0) is 15.0. The van der Waals surface area contributed by atoms with Crippen LogP contribution in [0.2, 0.25) is 0 Å². The molecule has 3 rings (SSSR count). The Balaban J connectivity index is 1.97. The monoisotopic (exact) mass is 281 g/mol. The summed E-state index contributed by atoms with van der Waals surface area (Å²) >= 11 is 0. The molecule has 2 nitrogen and oxygen atoms in total. The third-order valence-corrected chi connectivity index (χ3v) is 3.80. The number of halogens is 1. The van der Waals surface area contributed by atoms with Gasteiger partial charge in [0, 0.05) is 29.1 Å². The second-order valence-corrected chi connectivity index (χ2v) is 5.42. The van der Waals surface area contributed by atoms with E-state index in [1.807, 2.05) is 32.0 Å². The summed E-state index contributed by atoms with van der Waals surface area (Å²) in [7, 11) is 0. The number of carbonyl (C=O) groups is 1. The van der Waals surface area contributed by atoms with Crippen molar-refractivity contribution in [2.24, 2.45) is 0 Å². The third-order valence-electron chi connectivity index (χ3n) is 3.80. The molecule has 3 heteroatoms. The molecule has 106 valence electrons. The number of aromatic nitrogens is 1. The average Bonchev–Trinajstić information content (AvgIpc) is 2.85. The molecule has 0 radical (unpaired) electrons. The number of Topliss-reactive ketones (excluding diaryl/α,β-unsaturated/α-hetero) is 1. The van der Waals surface area contributed by atoms with Crippen LogP contribution < -0.4 is 0 Å². The Morgan fingerprint density at radius 1 is 1.14 bits per heavy atom. The lowest BCUT2D eigenvalue weighted by molar-refractivity contribution is 0.0994. The number of nitrogens with one attached hydrogen (secondary N) is 1. The van der Waals surface area contributed by atoms with Gasteiger partial charge < -0.3 is 4.98 Å². The Morgan fingerprint density at radius 2 is 1.95 bits per heavy atom. The fourth-order valence-corrected chi connectivity index (χ4v) is 2.58. The van der Waals surface area contributed by atoms with E-state index in [0.717, 1.165) is 22.2 Å². The first kappa shape index (κ1) is 13.6. The summed E-state index contributed by atoms with van der Waals surface area (Å²) in [6, 6.07) is 10.5. The second-order valence-electron chi connectivity index (χ2n) is 5.42. The highest BCUT2D eigenvalue weighted by Crippen LogP contribution is 2.22. The Kier molecular flexibility index (Phi) is 3.34. The van der Waals surface area contributed by atoms with Gasteiger partial charge in [0.1, 0.15) is 5.82 Å².